The van der Waals surface area contributed by atoms with Crippen molar-refractivity contribution in [3.63, 3.8) is 0 Å². The van der Waals surface area contributed by atoms with Crippen LogP contribution in [0.1, 0.15) is 70.5 Å². The molecule has 1 saturated heterocycles. The molecular weight excluding hydrogens is 496 g/mol. The Morgan fingerprint density at radius 1 is 1.21 bits per heavy atom. The number of nitrogens with two attached hydrogens (primary N) is 1. The van der Waals surface area contributed by atoms with Crippen molar-refractivity contribution >= 4 is 11.5 Å². The number of aliphatic hydroxyl groups is 3. The summed E-state index contributed by atoms with van der Waals surface area (Å²) in [6, 6.07) is 4.07. The third-order valence-electron chi connectivity index (χ3n) is 7.84. The van der Waals surface area contributed by atoms with Crippen molar-refractivity contribution in [2.24, 2.45) is 5.73 Å². The standard InChI is InChI=1S/C27H32N2O9/c1-11-23(31)14(28)8-17(37-11)38-16-10-27(35,6-7-30)9-13-19(16)26(34)20-21(25(13)33)24(32)12-4-3-5-15(36-2)18(12)22(20)29/h3-5,11,14,16-17,23,29-31,33-35H,6-10,28H2,1-2H3/t11-,14-,16-,17-,23-,27-/m0/s1. The first-order valence-electron chi connectivity index (χ1n) is 12.5. The Kier molecular flexibility index (Phi) is 6.70. The van der Waals surface area contributed by atoms with Crippen LogP contribution in [-0.4, -0.2) is 80.9 Å². The zero-order valence-corrected chi connectivity index (χ0v) is 21.1. The average Bonchev–Trinajstić information content (AvgIpc) is 2.87. The van der Waals surface area contributed by atoms with E-state index in [1.165, 1.54) is 13.2 Å². The number of carbonyl (C=O) groups excluding carboxylic acids is 1. The number of aliphatic hydroxyl groups excluding tert-OH is 2. The first kappa shape index (κ1) is 26.5. The minimum Gasteiger partial charge on any atom is -0.507 e. The van der Waals surface area contributed by atoms with Gasteiger partial charge in [0.2, 0.25) is 0 Å². The molecule has 2 aromatic carbocycles. The molecule has 8 N–H and O–H groups in total. The summed E-state index contributed by atoms with van der Waals surface area (Å²) in [5.74, 6) is -1.22. The molecule has 0 bridgehead atoms. The first-order chi connectivity index (χ1) is 18.0. The van der Waals surface area contributed by atoms with Gasteiger partial charge in [-0.15, -0.1) is 0 Å². The first-order valence-corrected chi connectivity index (χ1v) is 12.5. The summed E-state index contributed by atoms with van der Waals surface area (Å²) in [7, 11) is 1.41. The van der Waals surface area contributed by atoms with Gasteiger partial charge < -0.3 is 45.5 Å². The van der Waals surface area contributed by atoms with E-state index in [1.54, 1.807) is 19.1 Å². The van der Waals surface area contributed by atoms with Crippen LogP contribution in [0.15, 0.2) is 18.2 Å². The van der Waals surface area contributed by atoms with Crippen LogP contribution >= 0.6 is 0 Å². The molecule has 6 atom stereocenters. The number of phenolic OH excluding ortho intramolecular Hbond substituents is 2. The lowest BCUT2D eigenvalue weighted by atomic mass is 9.72. The molecule has 0 radical (unpaired) electrons. The van der Waals surface area contributed by atoms with Gasteiger partial charge in [-0.05, 0) is 19.4 Å². The van der Waals surface area contributed by atoms with Gasteiger partial charge >= 0.3 is 0 Å². The summed E-state index contributed by atoms with van der Waals surface area (Å²) in [5.41, 5.74) is 4.46. The van der Waals surface area contributed by atoms with E-state index in [1.807, 2.05) is 0 Å². The Labute approximate surface area is 218 Å². The van der Waals surface area contributed by atoms with Gasteiger partial charge in [0.25, 0.3) is 0 Å². The summed E-state index contributed by atoms with van der Waals surface area (Å²) in [5, 5.41) is 63.0. The largest absolute Gasteiger partial charge is 0.507 e. The molecule has 3 aliphatic rings. The number of fused-ring (bicyclic) bond motifs is 3. The van der Waals surface area contributed by atoms with Gasteiger partial charge in [0.1, 0.15) is 17.2 Å². The summed E-state index contributed by atoms with van der Waals surface area (Å²) >= 11 is 0. The third-order valence-corrected chi connectivity index (χ3v) is 7.84. The molecule has 1 aliphatic heterocycles. The van der Waals surface area contributed by atoms with E-state index in [0.29, 0.717) is 0 Å². The number of hydrogen-bond donors (Lipinski definition) is 7. The number of phenols is 2. The molecule has 0 unspecified atom stereocenters. The second-order valence-corrected chi connectivity index (χ2v) is 10.3. The van der Waals surface area contributed by atoms with Gasteiger partial charge in [-0.3, -0.25) is 10.2 Å². The Morgan fingerprint density at radius 3 is 2.61 bits per heavy atom. The zero-order chi connectivity index (χ0) is 27.5. The average molecular weight is 529 g/mol. The van der Waals surface area contributed by atoms with E-state index in [2.05, 4.69) is 0 Å². The molecule has 1 fully saturated rings. The predicted molar refractivity (Wildman–Crippen MR) is 134 cm³/mol. The van der Waals surface area contributed by atoms with Crippen molar-refractivity contribution in [1.82, 2.24) is 0 Å². The monoisotopic (exact) mass is 528 g/mol. The molecule has 0 aromatic heterocycles. The van der Waals surface area contributed by atoms with Crippen molar-refractivity contribution in [3.05, 3.63) is 51.6 Å². The topological polar surface area (TPSA) is 196 Å². The number of rotatable bonds is 5. The van der Waals surface area contributed by atoms with E-state index < -0.39 is 53.5 Å². The smallest absolute Gasteiger partial charge is 0.198 e. The Morgan fingerprint density at radius 2 is 1.95 bits per heavy atom. The fourth-order valence-electron chi connectivity index (χ4n) is 5.91. The molecule has 38 heavy (non-hydrogen) atoms. The summed E-state index contributed by atoms with van der Waals surface area (Å²) < 4.78 is 17.3. The van der Waals surface area contributed by atoms with Crippen molar-refractivity contribution < 1.29 is 44.5 Å². The molecule has 11 heteroatoms. The third kappa shape index (κ3) is 4.06. The van der Waals surface area contributed by atoms with E-state index in [-0.39, 0.29) is 77.1 Å². The van der Waals surface area contributed by atoms with Crippen LogP contribution in [0.3, 0.4) is 0 Å². The van der Waals surface area contributed by atoms with Crippen LogP contribution < -0.4 is 10.5 Å². The number of ketones is 1. The Bertz CT molecular complexity index is 1300. The highest BCUT2D eigenvalue weighted by atomic mass is 16.7. The molecule has 0 saturated carbocycles. The molecule has 5 rings (SSSR count). The fourth-order valence-corrected chi connectivity index (χ4v) is 5.91. The van der Waals surface area contributed by atoms with Crippen molar-refractivity contribution in [2.75, 3.05) is 13.7 Å². The SMILES string of the molecule is COc1cccc2c1C(=N)c1c(O)c3c(c(O)c1C2=O)C[C@@](O)(CCO)C[C@@H]3O[C@H]1C[C@H](N)[C@@H](O)[C@H](C)O1. The fraction of sp³-hybridized carbons (Fsp3) is 0.481. The van der Waals surface area contributed by atoms with Gasteiger partial charge in [0.05, 0.1) is 53.4 Å². The molecule has 204 valence electrons. The minimum absolute atomic E-state index is 0.0481. The normalized spacial score (nSPS) is 30.4. The van der Waals surface area contributed by atoms with Crippen LogP contribution in [0.5, 0.6) is 17.2 Å². The summed E-state index contributed by atoms with van der Waals surface area (Å²) in [6.07, 6.45) is -3.64. The number of aromatic hydroxyl groups is 2. The lowest BCUT2D eigenvalue weighted by Crippen LogP contribution is -2.52. The highest BCUT2D eigenvalue weighted by molar-refractivity contribution is 6.32. The molecule has 0 amide bonds. The molecular formula is C27H32N2O9. The van der Waals surface area contributed by atoms with Crippen LogP contribution in [0.4, 0.5) is 0 Å². The maximum Gasteiger partial charge on any atom is 0.198 e. The van der Waals surface area contributed by atoms with Gasteiger partial charge in [0, 0.05) is 48.6 Å². The van der Waals surface area contributed by atoms with Crippen molar-refractivity contribution in [3.8, 4) is 17.2 Å². The van der Waals surface area contributed by atoms with Crippen LogP contribution in [-0.2, 0) is 15.9 Å². The van der Waals surface area contributed by atoms with Crippen LogP contribution in [0.25, 0.3) is 0 Å². The van der Waals surface area contributed by atoms with E-state index in [4.69, 9.17) is 25.4 Å². The van der Waals surface area contributed by atoms with Gasteiger partial charge in [-0.25, -0.2) is 0 Å². The lowest BCUT2D eigenvalue weighted by Gasteiger charge is -2.43. The molecule has 2 aliphatic carbocycles. The zero-order valence-electron chi connectivity index (χ0n) is 21.1. The summed E-state index contributed by atoms with van der Waals surface area (Å²) in [6.45, 7) is 1.30. The number of benzene rings is 2. The van der Waals surface area contributed by atoms with E-state index in [0.717, 1.165) is 0 Å². The van der Waals surface area contributed by atoms with E-state index in [9.17, 15) is 30.3 Å². The Balaban J connectivity index is 1.66. The second-order valence-electron chi connectivity index (χ2n) is 10.3. The van der Waals surface area contributed by atoms with Gasteiger partial charge in [-0.1, -0.05) is 12.1 Å². The molecule has 11 nitrogen and oxygen atoms in total. The highest BCUT2D eigenvalue weighted by Crippen LogP contribution is 2.52. The molecule has 1 heterocycles. The van der Waals surface area contributed by atoms with Crippen molar-refractivity contribution in [2.45, 2.75) is 68.9 Å². The van der Waals surface area contributed by atoms with Crippen LogP contribution in [0, 0.1) is 5.41 Å². The lowest BCUT2D eigenvalue weighted by molar-refractivity contribution is -0.248. The van der Waals surface area contributed by atoms with Crippen molar-refractivity contribution in [1.29, 1.82) is 5.41 Å². The summed E-state index contributed by atoms with van der Waals surface area (Å²) in [4.78, 5) is 13.6. The molecule has 0 spiro atoms. The molecule has 2 aromatic rings. The predicted octanol–water partition coefficient (Wildman–Crippen LogP) is 1.01. The minimum atomic E-state index is -1.53. The second kappa shape index (κ2) is 9.60. The highest BCUT2D eigenvalue weighted by Gasteiger charge is 2.47. The Hall–Kier alpha value is -3.06. The number of ether oxygens (including phenoxy) is 3. The number of carbonyl (C=O) groups is 1. The van der Waals surface area contributed by atoms with E-state index >= 15 is 0 Å². The number of methoxy groups -OCH3 is 1. The quantitative estimate of drug-likeness (QED) is 0.235. The van der Waals surface area contributed by atoms with Gasteiger partial charge in [-0.2, -0.15) is 0 Å². The van der Waals surface area contributed by atoms with Gasteiger partial charge in [0.15, 0.2) is 12.1 Å². The maximum absolute atomic E-state index is 13.6. The number of nitrogens with one attached hydrogen (secondary N) is 1. The maximum atomic E-state index is 13.6. The number of hydrogen-bond acceptors (Lipinski definition) is 11. The van der Waals surface area contributed by atoms with Crippen LogP contribution in [0.2, 0.25) is 0 Å².